The number of hydrogen-bond donors (Lipinski definition) is 1. The molecule has 4 heterocycles. The lowest BCUT2D eigenvalue weighted by Gasteiger charge is -2.37. The van der Waals surface area contributed by atoms with Crippen molar-refractivity contribution < 1.29 is 0 Å². The van der Waals surface area contributed by atoms with E-state index in [1.54, 1.807) is 12.4 Å². The van der Waals surface area contributed by atoms with Gasteiger partial charge >= 0.3 is 0 Å². The molecule has 1 saturated carbocycles. The summed E-state index contributed by atoms with van der Waals surface area (Å²) < 4.78 is 0. The maximum absolute atomic E-state index is 4.95. The van der Waals surface area contributed by atoms with Gasteiger partial charge in [-0.15, -0.1) is 0 Å². The summed E-state index contributed by atoms with van der Waals surface area (Å²) in [5, 5.41) is 1.12. The molecule has 5 rings (SSSR count). The SMILES string of the molecule is CN(c1nc(C2CC2)nc2[nH]ccc12)C1CCN(c2cnccn2)CC1. The van der Waals surface area contributed by atoms with Crippen LogP contribution >= 0.6 is 0 Å². The molecule has 1 aliphatic carbocycles. The van der Waals surface area contributed by atoms with Crippen LogP contribution in [0.25, 0.3) is 11.0 Å². The number of nitrogens with one attached hydrogen (secondary N) is 1. The molecule has 0 radical (unpaired) electrons. The van der Waals surface area contributed by atoms with E-state index in [2.05, 4.69) is 37.9 Å². The first-order valence-electron chi connectivity index (χ1n) is 9.38. The minimum atomic E-state index is 0.475. The second-order valence-electron chi connectivity index (χ2n) is 7.31. The molecule has 2 aliphatic rings. The monoisotopic (exact) mass is 349 g/mol. The second kappa shape index (κ2) is 6.23. The van der Waals surface area contributed by atoms with E-state index >= 15 is 0 Å². The Morgan fingerprint density at radius 1 is 1.12 bits per heavy atom. The lowest BCUT2D eigenvalue weighted by Crippen LogP contribution is -2.44. The number of rotatable bonds is 4. The largest absolute Gasteiger partial charge is 0.356 e. The quantitative estimate of drug-likeness (QED) is 0.781. The predicted molar refractivity (Wildman–Crippen MR) is 102 cm³/mol. The van der Waals surface area contributed by atoms with Crippen molar-refractivity contribution in [1.29, 1.82) is 0 Å². The average molecular weight is 349 g/mol. The molecule has 1 saturated heterocycles. The highest BCUT2D eigenvalue weighted by Gasteiger charge is 2.30. The number of piperidine rings is 1. The lowest BCUT2D eigenvalue weighted by molar-refractivity contribution is 0.478. The van der Waals surface area contributed by atoms with E-state index in [4.69, 9.17) is 9.97 Å². The van der Waals surface area contributed by atoms with Crippen LogP contribution < -0.4 is 9.80 Å². The number of anilines is 2. The zero-order valence-electron chi connectivity index (χ0n) is 15.0. The third kappa shape index (κ3) is 2.77. The van der Waals surface area contributed by atoms with Gasteiger partial charge in [0, 0.05) is 50.7 Å². The van der Waals surface area contributed by atoms with Gasteiger partial charge in [0.2, 0.25) is 0 Å². The summed E-state index contributed by atoms with van der Waals surface area (Å²) in [4.78, 5) is 26.2. The van der Waals surface area contributed by atoms with Crippen LogP contribution in [0.5, 0.6) is 0 Å². The lowest BCUT2D eigenvalue weighted by atomic mass is 10.0. The van der Waals surface area contributed by atoms with Crippen LogP contribution in [0.4, 0.5) is 11.6 Å². The van der Waals surface area contributed by atoms with E-state index < -0.39 is 0 Å². The smallest absolute Gasteiger partial charge is 0.147 e. The summed E-state index contributed by atoms with van der Waals surface area (Å²) >= 11 is 0. The molecule has 1 N–H and O–H groups in total. The van der Waals surface area contributed by atoms with Gasteiger partial charge in [0.25, 0.3) is 0 Å². The molecule has 134 valence electrons. The number of aromatic nitrogens is 5. The zero-order chi connectivity index (χ0) is 17.5. The Hall–Kier alpha value is -2.70. The van der Waals surface area contributed by atoms with E-state index in [1.807, 2.05) is 12.4 Å². The minimum Gasteiger partial charge on any atom is -0.356 e. The van der Waals surface area contributed by atoms with Crippen molar-refractivity contribution in [2.24, 2.45) is 0 Å². The number of hydrogen-bond acceptors (Lipinski definition) is 6. The van der Waals surface area contributed by atoms with Gasteiger partial charge in [-0.3, -0.25) is 4.98 Å². The van der Waals surface area contributed by atoms with Crippen LogP contribution in [0.2, 0.25) is 0 Å². The zero-order valence-corrected chi connectivity index (χ0v) is 15.0. The first-order chi connectivity index (χ1) is 12.8. The molecule has 0 spiro atoms. The third-order valence-electron chi connectivity index (χ3n) is 5.58. The molecule has 0 amide bonds. The molecule has 7 heteroatoms. The Labute approximate surface area is 152 Å². The maximum Gasteiger partial charge on any atom is 0.147 e. The van der Waals surface area contributed by atoms with Crippen molar-refractivity contribution >= 4 is 22.7 Å². The molecule has 0 unspecified atom stereocenters. The van der Waals surface area contributed by atoms with E-state index in [-0.39, 0.29) is 0 Å². The molecule has 26 heavy (non-hydrogen) atoms. The first kappa shape index (κ1) is 15.5. The Balaban J connectivity index is 1.37. The van der Waals surface area contributed by atoms with Crippen molar-refractivity contribution in [1.82, 2.24) is 24.9 Å². The van der Waals surface area contributed by atoms with Crippen molar-refractivity contribution in [2.45, 2.75) is 37.6 Å². The van der Waals surface area contributed by atoms with Gasteiger partial charge < -0.3 is 14.8 Å². The molecule has 3 aromatic rings. The molecule has 0 aromatic carbocycles. The standard InChI is InChI=1S/C19H23N7/c1-25(14-5-10-26(11-6-14)16-12-20-8-9-21-16)19-15-4-7-22-18(15)23-17(24-19)13-2-3-13/h4,7-9,12-14H,2-3,5-6,10-11H2,1H3,(H,22,23,24). The fraction of sp³-hybridized carbons (Fsp3) is 0.474. The van der Waals surface area contributed by atoms with Crippen LogP contribution in [0.15, 0.2) is 30.9 Å². The average Bonchev–Trinajstić information content (AvgIpc) is 3.45. The van der Waals surface area contributed by atoms with Crippen LogP contribution in [0.3, 0.4) is 0 Å². The molecule has 0 atom stereocenters. The normalized spacial score (nSPS) is 18.4. The van der Waals surface area contributed by atoms with E-state index in [9.17, 15) is 0 Å². The molecule has 0 bridgehead atoms. The molecule has 1 aliphatic heterocycles. The van der Waals surface area contributed by atoms with Gasteiger partial charge in [0.05, 0.1) is 11.6 Å². The highest BCUT2D eigenvalue weighted by Crippen LogP contribution is 2.40. The Bertz CT molecular complexity index is 895. The first-order valence-corrected chi connectivity index (χ1v) is 9.38. The van der Waals surface area contributed by atoms with Gasteiger partial charge in [-0.2, -0.15) is 0 Å². The van der Waals surface area contributed by atoms with Gasteiger partial charge in [-0.1, -0.05) is 0 Å². The Morgan fingerprint density at radius 3 is 2.69 bits per heavy atom. The summed E-state index contributed by atoms with van der Waals surface area (Å²) in [6, 6.07) is 2.56. The maximum atomic E-state index is 4.95. The van der Waals surface area contributed by atoms with Gasteiger partial charge in [0.15, 0.2) is 0 Å². The minimum absolute atomic E-state index is 0.475. The molecular formula is C19H23N7. The number of H-pyrrole nitrogens is 1. The van der Waals surface area contributed by atoms with Crippen LogP contribution in [0, 0.1) is 0 Å². The van der Waals surface area contributed by atoms with Crippen molar-refractivity contribution in [3.05, 3.63) is 36.7 Å². The number of aromatic amines is 1. The molecule has 2 fully saturated rings. The highest BCUT2D eigenvalue weighted by molar-refractivity contribution is 5.87. The van der Waals surface area contributed by atoms with Crippen LogP contribution in [0.1, 0.15) is 37.4 Å². The summed E-state index contributed by atoms with van der Waals surface area (Å²) in [7, 11) is 2.17. The Kier molecular flexibility index (Phi) is 3.72. The van der Waals surface area contributed by atoms with Gasteiger partial charge in [-0.05, 0) is 31.7 Å². The van der Waals surface area contributed by atoms with Crippen molar-refractivity contribution in [3.63, 3.8) is 0 Å². The second-order valence-corrected chi connectivity index (χ2v) is 7.31. The summed E-state index contributed by atoms with van der Waals surface area (Å²) in [6.07, 6.45) is 11.9. The summed E-state index contributed by atoms with van der Waals surface area (Å²) in [5.74, 6) is 3.59. The Morgan fingerprint density at radius 2 is 1.96 bits per heavy atom. The topological polar surface area (TPSA) is 73.8 Å². The molecular weight excluding hydrogens is 326 g/mol. The predicted octanol–water partition coefficient (Wildman–Crippen LogP) is 2.73. The van der Waals surface area contributed by atoms with E-state index in [1.165, 1.54) is 12.8 Å². The summed E-state index contributed by atoms with van der Waals surface area (Å²) in [5.41, 5.74) is 0.959. The molecule has 7 nitrogen and oxygen atoms in total. The van der Waals surface area contributed by atoms with Crippen molar-refractivity contribution in [2.75, 3.05) is 29.9 Å². The summed E-state index contributed by atoms with van der Waals surface area (Å²) in [6.45, 7) is 1.98. The highest BCUT2D eigenvalue weighted by atomic mass is 15.3. The number of fused-ring (bicyclic) bond motifs is 1. The fourth-order valence-corrected chi connectivity index (χ4v) is 3.84. The third-order valence-corrected chi connectivity index (χ3v) is 5.58. The van der Waals surface area contributed by atoms with Gasteiger partial charge in [0.1, 0.15) is 23.1 Å². The van der Waals surface area contributed by atoms with Gasteiger partial charge in [-0.25, -0.2) is 15.0 Å². The van der Waals surface area contributed by atoms with Crippen LogP contribution in [-0.4, -0.2) is 51.1 Å². The fourth-order valence-electron chi connectivity index (χ4n) is 3.84. The van der Waals surface area contributed by atoms with Crippen LogP contribution in [-0.2, 0) is 0 Å². The number of nitrogens with zero attached hydrogens (tertiary/aromatic N) is 6. The van der Waals surface area contributed by atoms with E-state index in [0.717, 1.165) is 54.4 Å². The van der Waals surface area contributed by atoms with E-state index in [0.29, 0.717) is 12.0 Å². The molecule has 3 aromatic heterocycles. The van der Waals surface area contributed by atoms with Crippen molar-refractivity contribution in [3.8, 4) is 0 Å².